The number of benzene rings is 1. The summed E-state index contributed by atoms with van der Waals surface area (Å²) in [6, 6.07) is 9.33. The van der Waals surface area contributed by atoms with E-state index in [1.165, 1.54) is 38.4 Å². The van der Waals surface area contributed by atoms with E-state index < -0.39 is 16.0 Å². The van der Waals surface area contributed by atoms with E-state index in [9.17, 15) is 17.2 Å². The molecule has 0 saturated heterocycles. The van der Waals surface area contributed by atoms with Gasteiger partial charge in [-0.2, -0.15) is 4.39 Å². The van der Waals surface area contributed by atoms with Crippen LogP contribution in [0.3, 0.4) is 0 Å². The average Bonchev–Trinajstić information content (AvgIpc) is 2.93. The quantitative estimate of drug-likeness (QED) is 0.491. The van der Waals surface area contributed by atoms with Gasteiger partial charge in [-0.05, 0) is 42.8 Å². The predicted molar refractivity (Wildman–Crippen MR) is 127 cm³/mol. The van der Waals surface area contributed by atoms with Gasteiger partial charge in [0.15, 0.2) is 0 Å². The molecule has 2 N–H and O–H groups in total. The second kappa shape index (κ2) is 11.2. The number of nitrogens with zero attached hydrogens (tertiary/aromatic N) is 3. The molecule has 176 valence electrons. The van der Waals surface area contributed by atoms with Crippen LogP contribution in [0.2, 0.25) is 0 Å². The summed E-state index contributed by atoms with van der Waals surface area (Å²) in [4.78, 5) is 4.22. The van der Waals surface area contributed by atoms with E-state index in [0.717, 1.165) is 21.1 Å². The highest BCUT2D eigenvalue weighted by molar-refractivity contribution is 7.89. The van der Waals surface area contributed by atoms with Gasteiger partial charge in [0, 0.05) is 38.3 Å². The zero-order chi connectivity index (χ0) is 22.1. The lowest BCUT2D eigenvalue weighted by Gasteiger charge is -2.12. The maximum absolute atomic E-state index is 14.1. The van der Waals surface area contributed by atoms with Crippen LogP contribution >= 0.6 is 24.8 Å². The largest absolute Gasteiger partial charge is 0.336 e. The number of halogens is 4. The maximum Gasteiger partial charge on any atom is 0.242 e. The number of sulfonamides is 1. The second-order valence-corrected chi connectivity index (χ2v) is 9.30. The Kier molecular flexibility index (Phi) is 9.80. The first-order chi connectivity index (χ1) is 14.1. The molecule has 0 amide bonds. The number of aromatic nitrogens is 2. The fourth-order valence-corrected chi connectivity index (χ4v) is 4.24. The Hall–Kier alpha value is -2.04. The van der Waals surface area contributed by atoms with E-state index in [1.807, 2.05) is 6.92 Å². The van der Waals surface area contributed by atoms with Crippen molar-refractivity contribution in [2.75, 3.05) is 20.6 Å². The highest BCUT2D eigenvalue weighted by atomic mass is 35.5. The Morgan fingerprint density at radius 2 is 1.78 bits per heavy atom. The number of allylic oxidation sites excluding steroid dienone is 1. The molecule has 0 fully saturated rings. The van der Waals surface area contributed by atoms with Gasteiger partial charge in [0.05, 0.1) is 22.5 Å². The van der Waals surface area contributed by atoms with E-state index in [-0.39, 0.29) is 48.6 Å². The van der Waals surface area contributed by atoms with E-state index in [2.05, 4.69) is 4.98 Å². The van der Waals surface area contributed by atoms with E-state index >= 15 is 0 Å². The fourth-order valence-electron chi connectivity index (χ4n) is 3.34. The van der Waals surface area contributed by atoms with Crippen LogP contribution in [0, 0.1) is 12.9 Å². The third-order valence-corrected chi connectivity index (χ3v) is 6.82. The third-order valence-electron chi connectivity index (χ3n) is 4.99. The van der Waals surface area contributed by atoms with Crippen LogP contribution in [0.1, 0.15) is 16.8 Å². The Labute approximate surface area is 199 Å². The summed E-state index contributed by atoms with van der Waals surface area (Å²) in [5.74, 6) is -1.00. The van der Waals surface area contributed by atoms with Gasteiger partial charge in [0.25, 0.3) is 0 Å². The molecule has 0 unspecified atom stereocenters. The van der Waals surface area contributed by atoms with Crippen LogP contribution in [0.25, 0.3) is 11.0 Å². The van der Waals surface area contributed by atoms with Crippen molar-refractivity contribution in [3.63, 3.8) is 0 Å². The van der Waals surface area contributed by atoms with Gasteiger partial charge in [-0.3, -0.25) is 0 Å². The smallest absolute Gasteiger partial charge is 0.242 e. The topological polar surface area (TPSA) is 81.2 Å². The molecular formula is C21H26Cl2F2N4O2S. The summed E-state index contributed by atoms with van der Waals surface area (Å²) < 4.78 is 55.4. The standard InChI is InChI=1S/C21H24F2N4O2S.2ClH/c1-14-18(12-15-4-6-17(7-5-15)30(28,29)26(2)3)21-19(8-9-20(23)25-21)27(14)13-16(22)10-11-24;;/h4-10H,11-13,24H2,1-3H3;2*1H/b16-10-;;. The molecule has 0 saturated carbocycles. The molecule has 0 aliphatic carbocycles. The molecule has 0 atom stereocenters. The van der Waals surface area contributed by atoms with Crippen molar-refractivity contribution in [2.24, 2.45) is 5.73 Å². The molecule has 0 spiro atoms. The van der Waals surface area contributed by atoms with Crippen molar-refractivity contribution in [2.45, 2.75) is 24.8 Å². The SMILES string of the molecule is Cc1c(Cc2ccc(S(=O)(=O)N(C)C)cc2)c2nc(F)ccc2n1C/C(F)=C/CN.Cl.Cl. The minimum absolute atomic E-state index is 0. The molecule has 3 aromatic rings. The molecule has 32 heavy (non-hydrogen) atoms. The molecule has 11 heteroatoms. The predicted octanol–water partition coefficient (Wildman–Crippen LogP) is 3.98. The van der Waals surface area contributed by atoms with E-state index in [1.54, 1.807) is 22.8 Å². The molecule has 0 bridgehead atoms. The van der Waals surface area contributed by atoms with Crippen LogP contribution in [-0.2, 0) is 23.0 Å². The Morgan fingerprint density at radius 3 is 2.34 bits per heavy atom. The van der Waals surface area contributed by atoms with Crippen LogP contribution in [0.15, 0.2) is 53.2 Å². The molecule has 1 aromatic carbocycles. The van der Waals surface area contributed by atoms with Crippen molar-refractivity contribution in [3.05, 3.63) is 71.1 Å². The van der Waals surface area contributed by atoms with Gasteiger partial charge in [-0.1, -0.05) is 12.1 Å². The summed E-state index contributed by atoms with van der Waals surface area (Å²) in [6.07, 6.45) is 1.70. The lowest BCUT2D eigenvalue weighted by atomic mass is 10.0. The van der Waals surface area contributed by atoms with Crippen molar-refractivity contribution < 1.29 is 17.2 Å². The number of fused-ring (bicyclic) bond motifs is 1. The van der Waals surface area contributed by atoms with Gasteiger partial charge in [-0.25, -0.2) is 22.1 Å². The first-order valence-electron chi connectivity index (χ1n) is 9.35. The molecule has 0 aliphatic rings. The van der Waals surface area contributed by atoms with E-state index in [4.69, 9.17) is 5.73 Å². The van der Waals surface area contributed by atoms with Crippen LogP contribution in [0.4, 0.5) is 8.78 Å². The fraction of sp³-hybridized carbons (Fsp3) is 0.286. The van der Waals surface area contributed by atoms with Crippen molar-refractivity contribution >= 4 is 45.9 Å². The van der Waals surface area contributed by atoms with Gasteiger partial charge in [-0.15, -0.1) is 24.8 Å². The summed E-state index contributed by atoms with van der Waals surface area (Å²) in [7, 11) is -0.576. The summed E-state index contributed by atoms with van der Waals surface area (Å²) in [5, 5.41) is 0. The highest BCUT2D eigenvalue weighted by Gasteiger charge is 2.19. The summed E-state index contributed by atoms with van der Waals surface area (Å²) >= 11 is 0. The van der Waals surface area contributed by atoms with Gasteiger partial charge in [0.2, 0.25) is 16.0 Å². The Bertz CT molecular complexity index is 1210. The van der Waals surface area contributed by atoms with Crippen LogP contribution < -0.4 is 5.73 Å². The number of hydrogen-bond donors (Lipinski definition) is 1. The second-order valence-electron chi connectivity index (χ2n) is 7.15. The Morgan fingerprint density at radius 1 is 1.16 bits per heavy atom. The van der Waals surface area contributed by atoms with Crippen molar-refractivity contribution in [1.29, 1.82) is 0 Å². The number of pyridine rings is 1. The summed E-state index contributed by atoms with van der Waals surface area (Å²) in [6.45, 7) is 1.90. The zero-order valence-electron chi connectivity index (χ0n) is 17.9. The van der Waals surface area contributed by atoms with Gasteiger partial charge < -0.3 is 10.3 Å². The lowest BCUT2D eigenvalue weighted by molar-refractivity contribution is 0.520. The molecule has 0 radical (unpaired) electrons. The molecular weight excluding hydrogens is 481 g/mol. The molecule has 2 aromatic heterocycles. The summed E-state index contributed by atoms with van der Waals surface area (Å²) in [5.41, 5.74) is 8.82. The van der Waals surface area contributed by atoms with Crippen molar-refractivity contribution in [1.82, 2.24) is 13.9 Å². The average molecular weight is 507 g/mol. The number of hydrogen-bond acceptors (Lipinski definition) is 4. The Balaban J connectivity index is 0.00000256. The first-order valence-corrected chi connectivity index (χ1v) is 10.8. The molecule has 6 nitrogen and oxygen atoms in total. The number of rotatable bonds is 7. The number of nitrogens with two attached hydrogens (primary N) is 1. The third kappa shape index (κ3) is 5.65. The van der Waals surface area contributed by atoms with Gasteiger partial charge >= 0.3 is 0 Å². The maximum atomic E-state index is 14.1. The van der Waals surface area contributed by atoms with E-state index in [0.29, 0.717) is 17.5 Å². The monoisotopic (exact) mass is 506 g/mol. The van der Waals surface area contributed by atoms with Crippen molar-refractivity contribution in [3.8, 4) is 0 Å². The van der Waals surface area contributed by atoms with Gasteiger partial charge in [0.1, 0.15) is 5.83 Å². The molecule has 3 rings (SSSR count). The lowest BCUT2D eigenvalue weighted by Crippen LogP contribution is -2.22. The minimum atomic E-state index is -3.52. The van der Waals surface area contributed by atoms with Crippen LogP contribution in [-0.4, -0.2) is 42.9 Å². The zero-order valence-corrected chi connectivity index (χ0v) is 20.3. The minimum Gasteiger partial charge on any atom is -0.336 e. The first kappa shape index (κ1) is 28.0. The van der Waals surface area contributed by atoms with Crippen LogP contribution in [0.5, 0.6) is 0 Å². The molecule has 2 heterocycles. The molecule has 0 aliphatic heterocycles. The highest BCUT2D eigenvalue weighted by Crippen LogP contribution is 2.28. The normalized spacial score (nSPS) is 12.0.